The van der Waals surface area contributed by atoms with Gasteiger partial charge in [-0.15, -0.1) is 0 Å². The number of phenolic OH excluding ortho intramolecular Hbond substituents is 1. The second kappa shape index (κ2) is 5.87. The summed E-state index contributed by atoms with van der Waals surface area (Å²) in [5.74, 6) is -0.0405. The van der Waals surface area contributed by atoms with Crippen LogP contribution in [0.15, 0.2) is 42.5 Å². The predicted molar refractivity (Wildman–Crippen MR) is 75.7 cm³/mol. The van der Waals surface area contributed by atoms with E-state index in [0.29, 0.717) is 34.7 Å². The molecule has 2 rings (SSSR count). The predicted octanol–water partition coefficient (Wildman–Crippen LogP) is 2.78. The number of carbonyl (C=O) groups excluding carboxylic acids is 1. The third-order valence-electron chi connectivity index (χ3n) is 2.90. The van der Waals surface area contributed by atoms with Gasteiger partial charge >= 0.3 is 0 Å². The molecule has 2 aromatic carbocycles. The normalized spacial score (nSPS) is 10.4. The maximum atomic E-state index is 12.4. The van der Waals surface area contributed by atoms with Gasteiger partial charge in [0.15, 0.2) is 5.78 Å². The van der Waals surface area contributed by atoms with Crippen molar-refractivity contribution in [3.63, 3.8) is 0 Å². The van der Waals surface area contributed by atoms with Crippen molar-refractivity contribution < 1.29 is 9.90 Å². The SMILES string of the molecule is NCCc1c(O)cccc1C(=O)c1ccc(Cl)cc1. The average Bonchev–Trinajstić information content (AvgIpc) is 2.41. The van der Waals surface area contributed by atoms with E-state index < -0.39 is 0 Å². The molecule has 0 saturated carbocycles. The van der Waals surface area contributed by atoms with Crippen LogP contribution in [0.5, 0.6) is 5.75 Å². The molecule has 2 aromatic rings. The highest BCUT2D eigenvalue weighted by Crippen LogP contribution is 2.24. The largest absolute Gasteiger partial charge is 0.508 e. The van der Waals surface area contributed by atoms with Crippen molar-refractivity contribution in [1.82, 2.24) is 0 Å². The molecule has 98 valence electrons. The molecule has 0 spiro atoms. The van der Waals surface area contributed by atoms with Gasteiger partial charge in [0.1, 0.15) is 5.75 Å². The first kappa shape index (κ1) is 13.6. The van der Waals surface area contributed by atoms with Gasteiger partial charge in [-0.05, 0) is 43.3 Å². The van der Waals surface area contributed by atoms with Crippen LogP contribution in [0.1, 0.15) is 21.5 Å². The van der Waals surface area contributed by atoms with Gasteiger partial charge in [-0.2, -0.15) is 0 Å². The van der Waals surface area contributed by atoms with Crippen molar-refractivity contribution >= 4 is 17.4 Å². The number of phenols is 1. The number of carbonyl (C=O) groups is 1. The number of halogens is 1. The Balaban J connectivity index is 2.43. The van der Waals surface area contributed by atoms with E-state index in [9.17, 15) is 9.90 Å². The van der Waals surface area contributed by atoms with Gasteiger partial charge < -0.3 is 10.8 Å². The number of hydrogen-bond donors (Lipinski definition) is 2. The maximum absolute atomic E-state index is 12.4. The van der Waals surface area contributed by atoms with Crippen molar-refractivity contribution in [2.75, 3.05) is 6.54 Å². The highest BCUT2D eigenvalue weighted by atomic mass is 35.5. The molecule has 0 fully saturated rings. The molecule has 0 aliphatic rings. The average molecular weight is 276 g/mol. The summed E-state index contributed by atoms with van der Waals surface area (Å²) in [5.41, 5.74) is 7.12. The topological polar surface area (TPSA) is 63.3 Å². The molecule has 0 aromatic heterocycles. The van der Waals surface area contributed by atoms with Gasteiger partial charge in [-0.3, -0.25) is 4.79 Å². The third kappa shape index (κ3) is 2.95. The van der Waals surface area contributed by atoms with E-state index in [-0.39, 0.29) is 11.5 Å². The third-order valence-corrected chi connectivity index (χ3v) is 3.15. The minimum absolute atomic E-state index is 0.102. The van der Waals surface area contributed by atoms with Crippen molar-refractivity contribution in [3.8, 4) is 5.75 Å². The van der Waals surface area contributed by atoms with E-state index in [4.69, 9.17) is 17.3 Å². The van der Waals surface area contributed by atoms with Crippen LogP contribution in [0.3, 0.4) is 0 Å². The number of aromatic hydroxyl groups is 1. The van der Waals surface area contributed by atoms with E-state index in [2.05, 4.69) is 0 Å². The Morgan fingerprint density at radius 1 is 1.16 bits per heavy atom. The highest BCUT2D eigenvalue weighted by Gasteiger charge is 2.15. The number of nitrogens with two attached hydrogens (primary N) is 1. The van der Waals surface area contributed by atoms with E-state index >= 15 is 0 Å². The molecule has 0 saturated heterocycles. The quantitative estimate of drug-likeness (QED) is 0.844. The molecule has 0 atom stereocenters. The van der Waals surface area contributed by atoms with Crippen LogP contribution >= 0.6 is 11.6 Å². The Morgan fingerprint density at radius 2 is 1.84 bits per heavy atom. The molecule has 0 radical (unpaired) electrons. The molecule has 0 aliphatic carbocycles. The molecular formula is C15H14ClNO2. The zero-order valence-electron chi connectivity index (χ0n) is 10.3. The fourth-order valence-electron chi connectivity index (χ4n) is 1.95. The smallest absolute Gasteiger partial charge is 0.193 e. The van der Waals surface area contributed by atoms with Crippen LogP contribution in [0.2, 0.25) is 5.02 Å². The fraction of sp³-hybridized carbons (Fsp3) is 0.133. The number of rotatable bonds is 4. The summed E-state index contributed by atoms with van der Waals surface area (Å²) >= 11 is 5.80. The van der Waals surface area contributed by atoms with Crippen LogP contribution in [0, 0.1) is 0 Å². The van der Waals surface area contributed by atoms with Crippen LogP contribution in [-0.2, 0) is 6.42 Å². The minimum Gasteiger partial charge on any atom is -0.508 e. The molecule has 0 unspecified atom stereocenters. The molecule has 3 N–H and O–H groups in total. The lowest BCUT2D eigenvalue weighted by Gasteiger charge is -2.10. The van der Waals surface area contributed by atoms with E-state index in [1.807, 2.05) is 0 Å². The summed E-state index contributed by atoms with van der Waals surface area (Å²) in [5, 5.41) is 10.4. The highest BCUT2D eigenvalue weighted by molar-refractivity contribution is 6.30. The van der Waals surface area contributed by atoms with Crippen molar-refractivity contribution in [2.45, 2.75) is 6.42 Å². The Hall–Kier alpha value is -1.84. The second-order valence-corrected chi connectivity index (χ2v) is 4.61. The second-order valence-electron chi connectivity index (χ2n) is 4.18. The number of hydrogen-bond acceptors (Lipinski definition) is 3. The zero-order chi connectivity index (χ0) is 13.8. The summed E-state index contributed by atoms with van der Waals surface area (Å²) in [6, 6.07) is 11.6. The molecule has 19 heavy (non-hydrogen) atoms. The molecule has 4 heteroatoms. The lowest BCUT2D eigenvalue weighted by atomic mass is 9.96. The van der Waals surface area contributed by atoms with Gasteiger partial charge in [0.25, 0.3) is 0 Å². The minimum atomic E-state index is -0.143. The first-order valence-electron chi connectivity index (χ1n) is 5.94. The molecule has 0 heterocycles. The van der Waals surface area contributed by atoms with Crippen LogP contribution in [0.4, 0.5) is 0 Å². The molecular weight excluding hydrogens is 262 g/mol. The summed E-state index contributed by atoms with van der Waals surface area (Å²) in [4.78, 5) is 12.4. The molecule has 0 aliphatic heterocycles. The van der Waals surface area contributed by atoms with E-state index in [1.54, 1.807) is 42.5 Å². The summed E-state index contributed by atoms with van der Waals surface area (Å²) < 4.78 is 0. The van der Waals surface area contributed by atoms with Crippen molar-refractivity contribution in [3.05, 3.63) is 64.2 Å². The lowest BCUT2D eigenvalue weighted by molar-refractivity contribution is 0.103. The van der Waals surface area contributed by atoms with Gasteiger partial charge in [-0.25, -0.2) is 0 Å². The Morgan fingerprint density at radius 3 is 2.47 bits per heavy atom. The Bertz CT molecular complexity index is 594. The molecule has 0 bridgehead atoms. The standard InChI is InChI=1S/C15H14ClNO2/c16-11-6-4-10(5-7-11)15(19)13-2-1-3-14(18)12(13)8-9-17/h1-7,18H,8-9,17H2. The van der Waals surface area contributed by atoms with Gasteiger partial charge in [0, 0.05) is 21.7 Å². The van der Waals surface area contributed by atoms with Gasteiger partial charge in [-0.1, -0.05) is 23.7 Å². The molecule has 3 nitrogen and oxygen atoms in total. The number of ketones is 1. The van der Waals surface area contributed by atoms with Crippen molar-refractivity contribution in [1.29, 1.82) is 0 Å². The first-order valence-corrected chi connectivity index (χ1v) is 6.32. The van der Waals surface area contributed by atoms with Crippen molar-refractivity contribution in [2.24, 2.45) is 5.73 Å². The molecule has 0 amide bonds. The van der Waals surface area contributed by atoms with E-state index in [1.165, 1.54) is 0 Å². The monoisotopic (exact) mass is 275 g/mol. The Kier molecular flexibility index (Phi) is 4.20. The van der Waals surface area contributed by atoms with Crippen LogP contribution in [0.25, 0.3) is 0 Å². The van der Waals surface area contributed by atoms with Crippen LogP contribution < -0.4 is 5.73 Å². The van der Waals surface area contributed by atoms with Gasteiger partial charge in [0.2, 0.25) is 0 Å². The maximum Gasteiger partial charge on any atom is 0.193 e. The van der Waals surface area contributed by atoms with Crippen LogP contribution in [-0.4, -0.2) is 17.4 Å². The Labute approximate surface area is 116 Å². The van der Waals surface area contributed by atoms with E-state index in [0.717, 1.165) is 0 Å². The fourth-order valence-corrected chi connectivity index (χ4v) is 2.08. The number of benzene rings is 2. The summed E-state index contributed by atoms with van der Waals surface area (Å²) in [6.07, 6.45) is 0.460. The van der Waals surface area contributed by atoms with Gasteiger partial charge in [0.05, 0.1) is 0 Å². The zero-order valence-corrected chi connectivity index (χ0v) is 11.0. The lowest BCUT2D eigenvalue weighted by Crippen LogP contribution is -2.10. The summed E-state index contributed by atoms with van der Waals surface area (Å²) in [6.45, 7) is 0.373. The first-order chi connectivity index (χ1) is 9.13. The summed E-state index contributed by atoms with van der Waals surface area (Å²) in [7, 11) is 0.